The van der Waals surface area contributed by atoms with Crippen molar-refractivity contribution in [3.63, 3.8) is 0 Å². The van der Waals surface area contributed by atoms with Crippen LogP contribution < -0.4 is 10.8 Å². The first-order valence-corrected chi connectivity index (χ1v) is 8.81. The number of nitrogens with one attached hydrogen (secondary N) is 1. The molecule has 3 aromatic rings. The van der Waals surface area contributed by atoms with Gasteiger partial charge in [0, 0.05) is 11.2 Å². The van der Waals surface area contributed by atoms with Crippen LogP contribution in [-0.2, 0) is 18.0 Å². The summed E-state index contributed by atoms with van der Waals surface area (Å²) in [6, 6.07) is 18.0. The molecule has 1 amide bonds. The maximum atomic E-state index is 14.2. The SMILES string of the molecule is O=C(Nc1ccc(COCc2ccccc2)cc1)c1c(F)ccc(B(O)O)c1F. The van der Waals surface area contributed by atoms with Gasteiger partial charge in [-0.1, -0.05) is 48.5 Å². The normalized spacial score (nSPS) is 10.6. The second-order valence-corrected chi connectivity index (χ2v) is 6.33. The number of benzene rings is 3. The molecular formula is C21H18BF2NO4. The lowest BCUT2D eigenvalue weighted by molar-refractivity contribution is 0.101. The molecule has 0 spiro atoms. The number of ether oxygens (including phenoxy) is 1. The van der Waals surface area contributed by atoms with E-state index in [0.29, 0.717) is 18.9 Å². The van der Waals surface area contributed by atoms with Crippen molar-refractivity contribution >= 4 is 24.2 Å². The first kappa shape index (κ1) is 20.7. The summed E-state index contributed by atoms with van der Waals surface area (Å²) in [7, 11) is -2.16. The van der Waals surface area contributed by atoms with Crippen LogP contribution in [0.2, 0.25) is 0 Å². The van der Waals surface area contributed by atoms with Crippen molar-refractivity contribution in [1.82, 2.24) is 0 Å². The van der Waals surface area contributed by atoms with Gasteiger partial charge in [0.25, 0.3) is 5.91 Å². The highest BCUT2D eigenvalue weighted by molar-refractivity contribution is 6.58. The Balaban J connectivity index is 1.62. The lowest BCUT2D eigenvalue weighted by atomic mass is 9.79. The fraction of sp³-hybridized carbons (Fsp3) is 0.0952. The van der Waals surface area contributed by atoms with E-state index in [1.54, 1.807) is 24.3 Å². The van der Waals surface area contributed by atoms with E-state index in [0.717, 1.165) is 23.3 Å². The topological polar surface area (TPSA) is 78.8 Å². The number of halogens is 2. The Morgan fingerprint density at radius 1 is 0.897 bits per heavy atom. The maximum absolute atomic E-state index is 14.2. The van der Waals surface area contributed by atoms with Gasteiger partial charge in [-0.05, 0) is 29.3 Å². The number of hydrogen-bond donors (Lipinski definition) is 3. The number of amides is 1. The van der Waals surface area contributed by atoms with Gasteiger partial charge in [-0.25, -0.2) is 8.78 Å². The van der Waals surface area contributed by atoms with Crippen LogP contribution in [0.3, 0.4) is 0 Å². The quantitative estimate of drug-likeness (QED) is 0.536. The summed E-state index contributed by atoms with van der Waals surface area (Å²) < 4.78 is 33.8. The maximum Gasteiger partial charge on any atom is 0.491 e. The van der Waals surface area contributed by atoms with Crippen LogP contribution in [0.5, 0.6) is 0 Å². The van der Waals surface area contributed by atoms with Gasteiger partial charge < -0.3 is 20.1 Å². The van der Waals surface area contributed by atoms with Gasteiger partial charge in [-0.15, -0.1) is 0 Å². The Hall–Kier alpha value is -3.07. The number of hydrogen-bond acceptors (Lipinski definition) is 4. The Morgan fingerprint density at radius 2 is 1.52 bits per heavy atom. The molecule has 0 unspecified atom stereocenters. The van der Waals surface area contributed by atoms with Crippen LogP contribution in [0.25, 0.3) is 0 Å². The van der Waals surface area contributed by atoms with Gasteiger partial charge in [-0.3, -0.25) is 4.79 Å². The molecule has 0 atom stereocenters. The fourth-order valence-corrected chi connectivity index (χ4v) is 2.72. The van der Waals surface area contributed by atoms with E-state index in [-0.39, 0.29) is 0 Å². The Morgan fingerprint density at radius 3 is 2.14 bits per heavy atom. The molecule has 0 saturated carbocycles. The Bertz CT molecular complexity index is 982. The van der Waals surface area contributed by atoms with Crippen LogP contribution >= 0.6 is 0 Å². The minimum absolute atomic E-state index is 0.329. The van der Waals surface area contributed by atoms with Crippen molar-refractivity contribution in [2.75, 3.05) is 5.32 Å². The molecule has 0 bridgehead atoms. The molecule has 29 heavy (non-hydrogen) atoms. The van der Waals surface area contributed by atoms with Crippen molar-refractivity contribution in [3.8, 4) is 0 Å². The largest absolute Gasteiger partial charge is 0.491 e. The molecule has 0 aliphatic rings. The zero-order chi connectivity index (χ0) is 20.8. The third-order valence-corrected chi connectivity index (χ3v) is 4.22. The van der Waals surface area contributed by atoms with Gasteiger partial charge in [0.1, 0.15) is 17.2 Å². The minimum atomic E-state index is -2.16. The summed E-state index contributed by atoms with van der Waals surface area (Å²) in [5.41, 5.74) is 0.779. The van der Waals surface area contributed by atoms with Crippen molar-refractivity contribution in [2.45, 2.75) is 13.2 Å². The summed E-state index contributed by atoms with van der Waals surface area (Å²) in [6.45, 7) is 0.827. The lowest BCUT2D eigenvalue weighted by Gasteiger charge is -2.11. The van der Waals surface area contributed by atoms with Crippen molar-refractivity contribution in [2.24, 2.45) is 0 Å². The van der Waals surface area contributed by atoms with Crippen LogP contribution in [-0.4, -0.2) is 23.1 Å². The van der Waals surface area contributed by atoms with E-state index in [2.05, 4.69) is 5.32 Å². The Labute approximate surface area is 166 Å². The zero-order valence-electron chi connectivity index (χ0n) is 15.3. The predicted molar refractivity (Wildman–Crippen MR) is 106 cm³/mol. The molecule has 0 aliphatic carbocycles. The third kappa shape index (κ3) is 5.26. The zero-order valence-corrected chi connectivity index (χ0v) is 15.3. The molecule has 5 nitrogen and oxygen atoms in total. The molecule has 3 rings (SSSR count). The third-order valence-electron chi connectivity index (χ3n) is 4.22. The smallest absolute Gasteiger partial charge is 0.423 e. The van der Waals surface area contributed by atoms with Crippen LogP contribution in [0.4, 0.5) is 14.5 Å². The average Bonchev–Trinajstić information content (AvgIpc) is 2.70. The summed E-state index contributed by atoms with van der Waals surface area (Å²) in [5.74, 6) is -3.45. The monoisotopic (exact) mass is 397 g/mol. The highest BCUT2D eigenvalue weighted by atomic mass is 19.1. The van der Waals surface area contributed by atoms with Gasteiger partial charge in [0.05, 0.1) is 13.2 Å². The van der Waals surface area contributed by atoms with E-state index < -0.39 is 35.7 Å². The molecule has 8 heteroatoms. The lowest BCUT2D eigenvalue weighted by Crippen LogP contribution is -2.35. The summed E-state index contributed by atoms with van der Waals surface area (Å²) in [4.78, 5) is 12.3. The molecule has 0 fully saturated rings. The molecule has 0 aliphatic heterocycles. The second kappa shape index (κ2) is 9.42. The first-order chi connectivity index (χ1) is 14.0. The van der Waals surface area contributed by atoms with Crippen LogP contribution in [0, 0.1) is 11.6 Å². The van der Waals surface area contributed by atoms with Gasteiger partial charge >= 0.3 is 7.12 Å². The fourth-order valence-electron chi connectivity index (χ4n) is 2.72. The highest BCUT2D eigenvalue weighted by Crippen LogP contribution is 2.16. The van der Waals surface area contributed by atoms with E-state index in [1.807, 2.05) is 30.3 Å². The van der Waals surface area contributed by atoms with E-state index in [9.17, 15) is 13.6 Å². The molecule has 0 heterocycles. The summed E-state index contributed by atoms with van der Waals surface area (Å²) in [6.07, 6.45) is 0. The summed E-state index contributed by atoms with van der Waals surface area (Å²) in [5, 5.41) is 20.6. The number of anilines is 1. The number of carbonyl (C=O) groups excluding carboxylic acids is 1. The summed E-state index contributed by atoms with van der Waals surface area (Å²) >= 11 is 0. The molecule has 0 saturated heterocycles. The second-order valence-electron chi connectivity index (χ2n) is 6.33. The average molecular weight is 397 g/mol. The van der Waals surface area contributed by atoms with Gasteiger partial charge in [-0.2, -0.15) is 0 Å². The predicted octanol–water partition coefficient (Wildman–Crippen LogP) is 2.61. The standard InChI is InChI=1S/C21H18BF2NO4/c23-18-11-10-17(22(27)28)20(24)19(18)21(26)25-16-8-6-15(7-9-16)13-29-12-14-4-2-1-3-5-14/h1-11,27-28H,12-13H2,(H,25,26). The minimum Gasteiger partial charge on any atom is -0.423 e. The molecule has 3 aromatic carbocycles. The van der Waals surface area contributed by atoms with E-state index >= 15 is 0 Å². The van der Waals surface area contributed by atoms with E-state index in [4.69, 9.17) is 14.8 Å². The number of carbonyl (C=O) groups is 1. The first-order valence-electron chi connectivity index (χ1n) is 8.81. The molecule has 0 radical (unpaired) electrons. The van der Waals surface area contributed by atoms with Crippen LogP contribution in [0.15, 0.2) is 66.7 Å². The molecular weight excluding hydrogens is 379 g/mol. The van der Waals surface area contributed by atoms with Crippen molar-refractivity contribution in [1.29, 1.82) is 0 Å². The molecule has 3 N–H and O–H groups in total. The molecule has 0 aromatic heterocycles. The van der Waals surface area contributed by atoms with E-state index in [1.165, 1.54) is 0 Å². The molecule has 148 valence electrons. The van der Waals surface area contributed by atoms with Crippen LogP contribution in [0.1, 0.15) is 21.5 Å². The number of rotatable bonds is 7. The van der Waals surface area contributed by atoms with Crippen molar-refractivity contribution < 1.29 is 28.4 Å². The Kier molecular flexibility index (Phi) is 6.71. The van der Waals surface area contributed by atoms with Gasteiger partial charge in [0.2, 0.25) is 0 Å². The van der Waals surface area contributed by atoms with Crippen molar-refractivity contribution in [3.05, 3.63) is 95.1 Å². The van der Waals surface area contributed by atoms with Gasteiger partial charge in [0.15, 0.2) is 0 Å². The highest BCUT2D eigenvalue weighted by Gasteiger charge is 2.25.